The number of hydrogen-bond acceptors (Lipinski definition) is 5. The maximum Gasteiger partial charge on any atom is 0.225 e. The van der Waals surface area contributed by atoms with Gasteiger partial charge in [0.15, 0.2) is 5.78 Å². The molecule has 0 spiro atoms. The van der Waals surface area contributed by atoms with Gasteiger partial charge < -0.3 is 9.64 Å². The van der Waals surface area contributed by atoms with Crippen molar-refractivity contribution in [3.05, 3.63) is 59.4 Å². The minimum atomic E-state index is -0.0257. The van der Waals surface area contributed by atoms with Crippen molar-refractivity contribution in [3.8, 4) is 0 Å². The number of nitrogens with zero attached hydrogens (tertiary/aromatic N) is 3. The summed E-state index contributed by atoms with van der Waals surface area (Å²) in [5.41, 5.74) is 2.62. The van der Waals surface area contributed by atoms with E-state index in [4.69, 9.17) is 4.74 Å². The molecule has 0 N–H and O–H groups in total. The number of carbonyl (C=O) groups is 1. The molecule has 5 nitrogen and oxygen atoms in total. The van der Waals surface area contributed by atoms with Crippen molar-refractivity contribution in [2.24, 2.45) is 0 Å². The van der Waals surface area contributed by atoms with Gasteiger partial charge in [0.2, 0.25) is 5.95 Å². The topological polar surface area (TPSA) is 55.3 Å². The average Bonchev–Trinajstić information content (AvgIpc) is 2.61. The molecule has 0 aliphatic carbocycles. The number of ketones is 1. The Labute approximate surface area is 135 Å². The number of hydrogen-bond donors (Lipinski definition) is 0. The maximum absolute atomic E-state index is 12.1. The van der Waals surface area contributed by atoms with Gasteiger partial charge in [0.05, 0.1) is 13.2 Å². The second-order valence-electron chi connectivity index (χ2n) is 5.48. The van der Waals surface area contributed by atoms with E-state index in [1.54, 1.807) is 24.5 Å². The summed E-state index contributed by atoms with van der Waals surface area (Å²) in [4.78, 5) is 22.9. The smallest absolute Gasteiger partial charge is 0.225 e. The standard InChI is InChI=1S/C18H19N3O2/c1-14-2-5-16(6-3-14)17(22)7-4-15-12-19-18(20-13-15)21-8-10-23-11-9-21/h2-7,12-13H,8-11H2,1H3/b7-4+. The fourth-order valence-electron chi connectivity index (χ4n) is 2.33. The van der Waals surface area contributed by atoms with Crippen molar-refractivity contribution in [2.75, 3.05) is 31.2 Å². The van der Waals surface area contributed by atoms with Gasteiger partial charge >= 0.3 is 0 Å². The van der Waals surface area contributed by atoms with E-state index in [0.717, 1.165) is 24.2 Å². The number of rotatable bonds is 4. The van der Waals surface area contributed by atoms with Crippen LogP contribution in [0.3, 0.4) is 0 Å². The third-order valence-corrected chi connectivity index (χ3v) is 3.72. The lowest BCUT2D eigenvalue weighted by atomic mass is 10.1. The fraction of sp³-hybridized carbons (Fsp3) is 0.278. The van der Waals surface area contributed by atoms with Crippen LogP contribution in [0.4, 0.5) is 5.95 Å². The molecule has 0 unspecified atom stereocenters. The summed E-state index contributed by atoms with van der Waals surface area (Å²) in [5.74, 6) is 0.678. The number of morpholine rings is 1. The third-order valence-electron chi connectivity index (χ3n) is 3.72. The zero-order valence-electron chi connectivity index (χ0n) is 13.1. The van der Waals surface area contributed by atoms with E-state index in [1.165, 1.54) is 0 Å². The normalized spacial score (nSPS) is 15.1. The van der Waals surface area contributed by atoms with Crippen LogP contribution in [0.2, 0.25) is 0 Å². The molecule has 1 aliphatic rings. The zero-order chi connectivity index (χ0) is 16.1. The third kappa shape index (κ3) is 4.02. The Hall–Kier alpha value is -2.53. The molecule has 2 heterocycles. The van der Waals surface area contributed by atoms with E-state index in [9.17, 15) is 4.79 Å². The number of anilines is 1. The minimum Gasteiger partial charge on any atom is -0.378 e. The van der Waals surface area contributed by atoms with E-state index in [2.05, 4.69) is 14.9 Å². The lowest BCUT2D eigenvalue weighted by Crippen LogP contribution is -2.37. The van der Waals surface area contributed by atoms with E-state index in [-0.39, 0.29) is 5.78 Å². The first-order chi connectivity index (χ1) is 11.2. The first-order valence-electron chi connectivity index (χ1n) is 7.66. The van der Waals surface area contributed by atoms with Crippen molar-refractivity contribution >= 4 is 17.8 Å². The summed E-state index contributed by atoms with van der Waals surface area (Å²) in [6, 6.07) is 7.53. The monoisotopic (exact) mass is 309 g/mol. The first kappa shape index (κ1) is 15.4. The summed E-state index contributed by atoms with van der Waals surface area (Å²) in [6.45, 7) is 5.02. The van der Waals surface area contributed by atoms with Crippen LogP contribution in [0, 0.1) is 6.92 Å². The van der Waals surface area contributed by atoms with Gasteiger partial charge in [-0.3, -0.25) is 4.79 Å². The molecular formula is C18H19N3O2. The number of aromatic nitrogens is 2. The van der Waals surface area contributed by atoms with Crippen molar-refractivity contribution in [1.82, 2.24) is 9.97 Å². The predicted molar refractivity (Wildman–Crippen MR) is 89.6 cm³/mol. The lowest BCUT2D eigenvalue weighted by molar-refractivity contribution is 0.104. The van der Waals surface area contributed by atoms with Crippen molar-refractivity contribution in [3.63, 3.8) is 0 Å². The molecule has 5 heteroatoms. The molecule has 1 aliphatic heterocycles. The van der Waals surface area contributed by atoms with Crippen LogP contribution in [0.25, 0.3) is 6.08 Å². The Morgan fingerprint density at radius 1 is 1.13 bits per heavy atom. The second kappa shape index (κ2) is 7.15. The number of ether oxygens (including phenoxy) is 1. The van der Waals surface area contributed by atoms with Gasteiger partial charge in [-0.25, -0.2) is 9.97 Å². The van der Waals surface area contributed by atoms with Gasteiger partial charge in [-0.15, -0.1) is 0 Å². The lowest BCUT2D eigenvalue weighted by Gasteiger charge is -2.26. The highest BCUT2D eigenvalue weighted by atomic mass is 16.5. The second-order valence-corrected chi connectivity index (χ2v) is 5.48. The molecule has 1 aromatic heterocycles. The summed E-state index contributed by atoms with van der Waals surface area (Å²) >= 11 is 0. The molecule has 0 amide bonds. The van der Waals surface area contributed by atoms with Gasteiger partial charge in [-0.05, 0) is 19.1 Å². The summed E-state index contributed by atoms with van der Waals surface area (Å²) in [6.07, 6.45) is 6.76. The molecule has 118 valence electrons. The molecule has 1 fully saturated rings. The highest BCUT2D eigenvalue weighted by Crippen LogP contribution is 2.11. The Bertz CT molecular complexity index is 687. The summed E-state index contributed by atoms with van der Waals surface area (Å²) < 4.78 is 5.31. The van der Waals surface area contributed by atoms with Crippen LogP contribution in [-0.4, -0.2) is 42.1 Å². The average molecular weight is 309 g/mol. The van der Waals surface area contributed by atoms with E-state index < -0.39 is 0 Å². The first-order valence-corrected chi connectivity index (χ1v) is 7.66. The van der Waals surface area contributed by atoms with Crippen LogP contribution in [-0.2, 0) is 4.74 Å². The maximum atomic E-state index is 12.1. The molecule has 1 aromatic carbocycles. The quantitative estimate of drug-likeness (QED) is 0.641. The Morgan fingerprint density at radius 2 is 1.78 bits per heavy atom. The highest BCUT2D eigenvalue weighted by molar-refractivity contribution is 6.06. The molecule has 1 saturated heterocycles. The van der Waals surface area contributed by atoms with Crippen LogP contribution in [0.15, 0.2) is 42.7 Å². The Balaban J connectivity index is 1.65. The molecule has 0 saturated carbocycles. The van der Waals surface area contributed by atoms with Crippen molar-refractivity contribution in [1.29, 1.82) is 0 Å². The number of benzene rings is 1. The molecule has 3 rings (SSSR count). The van der Waals surface area contributed by atoms with Gasteiger partial charge in [0, 0.05) is 36.6 Å². The SMILES string of the molecule is Cc1ccc(C(=O)/C=C/c2cnc(N3CCOCC3)nc2)cc1. The van der Waals surface area contributed by atoms with Crippen LogP contribution < -0.4 is 4.90 Å². The predicted octanol–water partition coefficient (Wildman–Crippen LogP) is 2.52. The van der Waals surface area contributed by atoms with E-state index >= 15 is 0 Å². The molecular weight excluding hydrogens is 290 g/mol. The number of aryl methyl sites for hydroxylation is 1. The molecule has 0 atom stereocenters. The van der Waals surface area contributed by atoms with Gasteiger partial charge in [-0.2, -0.15) is 0 Å². The largest absolute Gasteiger partial charge is 0.378 e. The van der Waals surface area contributed by atoms with Gasteiger partial charge in [0.1, 0.15) is 0 Å². The fourth-order valence-corrected chi connectivity index (χ4v) is 2.33. The molecule has 2 aromatic rings. The Kier molecular flexibility index (Phi) is 4.78. The van der Waals surface area contributed by atoms with Gasteiger partial charge in [0.25, 0.3) is 0 Å². The van der Waals surface area contributed by atoms with E-state index in [0.29, 0.717) is 24.7 Å². The molecule has 23 heavy (non-hydrogen) atoms. The minimum absolute atomic E-state index is 0.0257. The van der Waals surface area contributed by atoms with Crippen LogP contribution >= 0.6 is 0 Å². The summed E-state index contributed by atoms with van der Waals surface area (Å²) in [7, 11) is 0. The zero-order valence-corrected chi connectivity index (χ0v) is 13.1. The van der Waals surface area contributed by atoms with Gasteiger partial charge in [-0.1, -0.05) is 29.8 Å². The summed E-state index contributed by atoms with van der Waals surface area (Å²) in [5, 5.41) is 0. The molecule has 0 radical (unpaired) electrons. The van der Waals surface area contributed by atoms with Crippen molar-refractivity contribution in [2.45, 2.75) is 6.92 Å². The highest BCUT2D eigenvalue weighted by Gasteiger charge is 2.12. The van der Waals surface area contributed by atoms with Crippen LogP contribution in [0.1, 0.15) is 21.5 Å². The molecule has 0 bridgehead atoms. The number of carbonyl (C=O) groups excluding carboxylic acids is 1. The Morgan fingerprint density at radius 3 is 2.43 bits per heavy atom. The van der Waals surface area contributed by atoms with Crippen LogP contribution in [0.5, 0.6) is 0 Å². The van der Waals surface area contributed by atoms with Crippen molar-refractivity contribution < 1.29 is 9.53 Å². The van der Waals surface area contributed by atoms with E-state index in [1.807, 2.05) is 31.2 Å². The number of allylic oxidation sites excluding steroid dienone is 1.